The van der Waals surface area contributed by atoms with Gasteiger partial charge in [-0.15, -0.1) is 0 Å². The molecule has 1 aliphatic heterocycles. The van der Waals surface area contributed by atoms with Crippen LogP contribution in [-0.2, 0) is 4.79 Å². The number of benzene rings is 3. The molecule has 5 nitrogen and oxygen atoms in total. The van der Waals surface area contributed by atoms with Crippen LogP contribution in [0.5, 0.6) is 11.5 Å². The molecule has 0 unspecified atom stereocenters. The number of amides is 1. The molecule has 1 atom stereocenters. The third kappa shape index (κ3) is 5.29. The molecule has 0 saturated carbocycles. The summed E-state index contributed by atoms with van der Waals surface area (Å²) in [5.74, 6) is 0.873. The van der Waals surface area contributed by atoms with Gasteiger partial charge in [0.25, 0.3) is 5.91 Å². The molecule has 7 heteroatoms. The van der Waals surface area contributed by atoms with Crippen LogP contribution in [0.1, 0.15) is 25.8 Å². The van der Waals surface area contributed by atoms with Crippen molar-refractivity contribution in [2.75, 3.05) is 12.0 Å². The van der Waals surface area contributed by atoms with Crippen molar-refractivity contribution >= 4 is 51.9 Å². The number of methoxy groups -OCH3 is 1. The molecule has 1 amide bonds. The number of halogens is 1. The minimum absolute atomic E-state index is 0.00115. The monoisotopic (exact) mass is 492 g/mol. The first-order chi connectivity index (χ1) is 16.5. The molecule has 34 heavy (non-hydrogen) atoms. The van der Waals surface area contributed by atoms with Crippen molar-refractivity contribution in [2.24, 2.45) is 4.99 Å². The standard InChI is InChI=1S/C27H25ClN2O3S/c1-4-18(2)33-25-22(28)15-19(16-23(25)32-3)17-24-26(31)30(21-13-9-6-10-14-21)27(34-24)29-20-11-7-5-8-12-20/h5-18H,4H2,1-3H3/b24-17-,29-27?/t18-/m1/s1. The number of hydrogen-bond acceptors (Lipinski definition) is 5. The van der Waals surface area contributed by atoms with Crippen molar-refractivity contribution in [3.05, 3.63) is 88.3 Å². The maximum atomic E-state index is 13.5. The van der Waals surface area contributed by atoms with E-state index in [4.69, 9.17) is 26.1 Å². The molecular weight excluding hydrogens is 468 g/mol. The second-order valence-electron chi connectivity index (χ2n) is 7.69. The Balaban J connectivity index is 1.73. The van der Waals surface area contributed by atoms with Crippen molar-refractivity contribution < 1.29 is 14.3 Å². The van der Waals surface area contributed by atoms with Crippen molar-refractivity contribution in [3.63, 3.8) is 0 Å². The van der Waals surface area contributed by atoms with Crippen molar-refractivity contribution in [2.45, 2.75) is 26.4 Å². The molecule has 0 spiro atoms. The largest absolute Gasteiger partial charge is 0.493 e. The fourth-order valence-corrected chi connectivity index (χ4v) is 4.60. The third-order valence-electron chi connectivity index (χ3n) is 5.25. The lowest BCUT2D eigenvalue weighted by Gasteiger charge is -2.17. The zero-order chi connectivity index (χ0) is 24.1. The molecule has 1 saturated heterocycles. The van der Waals surface area contributed by atoms with E-state index in [9.17, 15) is 4.79 Å². The van der Waals surface area contributed by atoms with E-state index < -0.39 is 0 Å². The van der Waals surface area contributed by atoms with E-state index in [2.05, 4.69) is 0 Å². The van der Waals surface area contributed by atoms with Crippen LogP contribution >= 0.6 is 23.4 Å². The summed E-state index contributed by atoms with van der Waals surface area (Å²) >= 11 is 7.86. The van der Waals surface area contributed by atoms with Crippen LogP contribution in [0.4, 0.5) is 11.4 Å². The summed E-state index contributed by atoms with van der Waals surface area (Å²) in [6, 6.07) is 22.7. The van der Waals surface area contributed by atoms with Gasteiger partial charge in [0, 0.05) is 0 Å². The summed E-state index contributed by atoms with van der Waals surface area (Å²) in [5.41, 5.74) is 2.27. The second kappa shape index (κ2) is 10.8. The van der Waals surface area contributed by atoms with Crippen molar-refractivity contribution in [1.82, 2.24) is 0 Å². The average molecular weight is 493 g/mol. The Morgan fingerprint density at radius 2 is 1.76 bits per heavy atom. The van der Waals surface area contributed by atoms with Crippen LogP contribution in [-0.4, -0.2) is 24.3 Å². The highest BCUT2D eigenvalue weighted by atomic mass is 35.5. The van der Waals surface area contributed by atoms with E-state index in [-0.39, 0.29) is 12.0 Å². The number of anilines is 1. The van der Waals surface area contributed by atoms with Gasteiger partial charge in [0.2, 0.25) is 0 Å². The number of ether oxygens (including phenoxy) is 2. The van der Waals surface area contributed by atoms with E-state index >= 15 is 0 Å². The zero-order valence-electron chi connectivity index (χ0n) is 19.2. The van der Waals surface area contributed by atoms with Crippen LogP contribution in [0.2, 0.25) is 5.02 Å². The maximum absolute atomic E-state index is 13.5. The molecule has 4 rings (SSSR count). The number of amidine groups is 1. The van der Waals surface area contributed by atoms with Crippen LogP contribution in [0.15, 0.2) is 82.7 Å². The average Bonchev–Trinajstić information content (AvgIpc) is 3.15. The van der Waals surface area contributed by atoms with Gasteiger partial charge in [0.1, 0.15) is 0 Å². The van der Waals surface area contributed by atoms with Gasteiger partial charge >= 0.3 is 0 Å². The molecule has 1 fully saturated rings. The minimum Gasteiger partial charge on any atom is -0.493 e. The van der Waals surface area contributed by atoms with Gasteiger partial charge in [-0.2, -0.15) is 0 Å². The Morgan fingerprint density at radius 1 is 1.09 bits per heavy atom. The summed E-state index contributed by atoms with van der Waals surface area (Å²) in [7, 11) is 1.57. The van der Waals surface area contributed by atoms with E-state index in [1.54, 1.807) is 24.2 Å². The van der Waals surface area contributed by atoms with E-state index in [1.165, 1.54) is 11.8 Å². The molecule has 3 aromatic carbocycles. The van der Waals surface area contributed by atoms with Gasteiger partial charge in [-0.1, -0.05) is 54.9 Å². The number of nitrogens with zero attached hydrogens (tertiary/aromatic N) is 2. The highest BCUT2D eigenvalue weighted by Crippen LogP contribution is 2.41. The van der Waals surface area contributed by atoms with Crippen LogP contribution in [0.3, 0.4) is 0 Å². The Kier molecular flexibility index (Phi) is 7.60. The predicted octanol–water partition coefficient (Wildman–Crippen LogP) is 7.33. The van der Waals surface area contributed by atoms with E-state index in [0.29, 0.717) is 26.6 Å². The summed E-state index contributed by atoms with van der Waals surface area (Å²) < 4.78 is 11.5. The number of carbonyl (C=O) groups is 1. The topological polar surface area (TPSA) is 51.1 Å². The van der Waals surface area contributed by atoms with Crippen molar-refractivity contribution in [3.8, 4) is 11.5 Å². The predicted molar refractivity (Wildman–Crippen MR) is 141 cm³/mol. The summed E-state index contributed by atoms with van der Waals surface area (Å²) in [6.45, 7) is 4.02. The number of para-hydroxylation sites is 2. The first-order valence-corrected chi connectivity index (χ1v) is 12.2. The number of rotatable bonds is 7. The van der Waals surface area contributed by atoms with Gasteiger partial charge in [-0.05, 0) is 73.1 Å². The lowest BCUT2D eigenvalue weighted by molar-refractivity contribution is -0.113. The number of carbonyl (C=O) groups excluding carboxylic acids is 1. The number of aliphatic imine (C=N–C) groups is 1. The Hall–Kier alpha value is -3.22. The first kappa shape index (κ1) is 23.9. The van der Waals surface area contributed by atoms with Crippen molar-refractivity contribution in [1.29, 1.82) is 0 Å². The minimum atomic E-state index is -0.152. The SMILES string of the molecule is CC[C@@H](C)Oc1c(Cl)cc(/C=C2\SC(=Nc3ccccc3)N(c3ccccc3)C2=O)cc1OC. The van der Waals surface area contributed by atoms with Gasteiger partial charge < -0.3 is 9.47 Å². The highest BCUT2D eigenvalue weighted by Gasteiger charge is 2.34. The van der Waals surface area contributed by atoms with Crippen LogP contribution in [0.25, 0.3) is 6.08 Å². The molecule has 0 bridgehead atoms. The third-order valence-corrected chi connectivity index (χ3v) is 6.49. The molecule has 1 heterocycles. The summed E-state index contributed by atoms with van der Waals surface area (Å²) in [5, 5.41) is 1.02. The smallest absolute Gasteiger partial charge is 0.271 e. The summed E-state index contributed by atoms with van der Waals surface area (Å²) in [6.07, 6.45) is 2.64. The lowest BCUT2D eigenvalue weighted by Crippen LogP contribution is -2.28. The molecular formula is C27H25ClN2O3S. The Bertz CT molecular complexity index is 1230. The fourth-order valence-electron chi connectivity index (χ4n) is 3.34. The second-order valence-corrected chi connectivity index (χ2v) is 9.10. The number of hydrogen-bond donors (Lipinski definition) is 0. The molecule has 174 valence electrons. The first-order valence-electron chi connectivity index (χ1n) is 11.0. The maximum Gasteiger partial charge on any atom is 0.271 e. The Morgan fingerprint density at radius 3 is 2.41 bits per heavy atom. The highest BCUT2D eigenvalue weighted by molar-refractivity contribution is 8.19. The Labute approximate surface area is 209 Å². The van der Waals surface area contributed by atoms with Gasteiger partial charge in [-0.25, -0.2) is 4.99 Å². The number of thioether (sulfide) groups is 1. The van der Waals surface area contributed by atoms with Crippen LogP contribution in [0, 0.1) is 0 Å². The van der Waals surface area contributed by atoms with E-state index in [0.717, 1.165) is 23.4 Å². The summed E-state index contributed by atoms with van der Waals surface area (Å²) in [4.78, 5) is 20.4. The zero-order valence-corrected chi connectivity index (χ0v) is 20.8. The molecule has 0 N–H and O–H groups in total. The van der Waals surface area contributed by atoms with Gasteiger partial charge in [-0.3, -0.25) is 9.69 Å². The molecule has 3 aromatic rings. The normalized spacial score (nSPS) is 16.8. The van der Waals surface area contributed by atoms with Gasteiger partial charge in [0.05, 0.1) is 34.5 Å². The fraction of sp³-hybridized carbons (Fsp3) is 0.185. The lowest BCUT2D eigenvalue weighted by atomic mass is 10.1. The molecule has 1 aliphatic rings. The quantitative estimate of drug-likeness (QED) is 0.324. The van der Waals surface area contributed by atoms with Crippen LogP contribution < -0.4 is 14.4 Å². The molecule has 0 aromatic heterocycles. The molecule has 0 aliphatic carbocycles. The van der Waals surface area contributed by atoms with Gasteiger partial charge in [0.15, 0.2) is 16.7 Å². The van der Waals surface area contributed by atoms with E-state index in [1.807, 2.05) is 80.6 Å². The molecule has 0 radical (unpaired) electrons.